The van der Waals surface area contributed by atoms with E-state index in [1.807, 2.05) is 0 Å². The average molecular weight is 141 g/mol. The fraction of sp³-hybridized carbons (Fsp3) is 0.714. The van der Waals surface area contributed by atoms with Crippen LogP contribution in [0, 0.1) is 0 Å². The second-order valence-electron chi connectivity index (χ2n) is 2.74. The molecule has 1 N–H and O–H groups in total. The molecule has 1 heterocycles. The minimum absolute atomic E-state index is 0.390. The Balaban J connectivity index is 2.03. The molecule has 0 amide bonds. The Morgan fingerprint density at radius 2 is 2.50 bits per heavy atom. The fourth-order valence-electron chi connectivity index (χ4n) is 1.48. The van der Waals surface area contributed by atoms with E-state index in [0.717, 1.165) is 19.4 Å². The molecule has 1 atom stereocenters. The monoisotopic (exact) mass is 141 g/mol. The van der Waals surface area contributed by atoms with Crippen LogP contribution >= 0.6 is 0 Å². The highest BCUT2D eigenvalue weighted by molar-refractivity contribution is 5.22. The highest BCUT2D eigenvalue weighted by Crippen LogP contribution is 2.29. The largest absolute Gasteiger partial charge is 0.381 e. The van der Waals surface area contributed by atoms with Crippen molar-refractivity contribution < 1.29 is 9.57 Å². The average Bonchev–Trinajstić information content (AvgIpc) is 2.42. The summed E-state index contributed by atoms with van der Waals surface area (Å²) in [5.41, 5.74) is 5.51. The van der Waals surface area contributed by atoms with E-state index in [1.54, 1.807) is 7.11 Å². The molecule has 10 heavy (non-hydrogen) atoms. The number of rotatable bonds is 1. The summed E-state index contributed by atoms with van der Waals surface area (Å²) in [4.78, 5) is 5.02. The molecule has 3 heteroatoms. The highest BCUT2D eigenvalue weighted by Gasteiger charge is 2.27. The molecule has 0 bridgehead atoms. The topological polar surface area (TPSA) is 30.5 Å². The van der Waals surface area contributed by atoms with Crippen molar-refractivity contribution >= 4 is 0 Å². The number of hydroxylamine groups is 1. The molecule has 0 radical (unpaired) electrons. The van der Waals surface area contributed by atoms with Crippen LogP contribution in [0.5, 0.6) is 0 Å². The van der Waals surface area contributed by atoms with Crippen LogP contribution in [0.3, 0.4) is 0 Å². The molecule has 3 nitrogen and oxygen atoms in total. The van der Waals surface area contributed by atoms with E-state index in [-0.39, 0.29) is 0 Å². The summed E-state index contributed by atoms with van der Waals surface area (Å²) < 4.78 is 5.21. The van der Waals surface area contributed by atoms with Crippen LogP contribution in [0.25, 0.3) is 0 Å². The Hall–Kier alpha value is -0.540. The molecule has 1 unspecified atom stereocenters. The second kappa shape index (κ2) is 2.25. The van der Waals surface area contributed by atoms with Crippen molar-refractivity contribution in [3.05, 3.63) is 11.3 Å². The lowest BCUT2D eigenvalue weighted by Crippen LogP contribution is -2.13. The van der Waals surface area contributed by atoms with Gasteiger partial charge >= 0.3 is 0 Å². The molecule has 56 valence electrons. The van der Waals surface area contributed by atoms with Gasteiger partial charge in [-0.25, -0.2) is 0 Å². The van der Waals surface area contributed by atoms with Gasteiger partial charge in [0.25, 0.3) is 0 Å². The lowest BCUT2D eigenvalue weighted by atomic mass is 10.2. The summed E-state index contributed by atoms with van der Waals surface area (Å²) in [5.74, 6) is 0. The number of hydrogen-bond acceptors (Lipinski definition) is 3. The first-order valence-corrected chi connectivity index (χ1v) is 3.51. The predicted octanol–water partition coefficient (Wildman–Crippen LogP) is 0.584. The third kappa shape index (κ3) is 0.822. The first-order chi connectivity index (χ1) is 4.90. The molecule has 2 aliphatic rings. The van der Waals surface area contributed by atoms with Crippen LogP contribution < -0.4 is 5.48 Å². The number of hydrogen-bond donors (Lipinski definition) is 1. The van der Waals surface area contributed by atoms with Gasteiger partial charge in [-0.05, 0) is 12.0 Å². The summed E-state index contributed by atoms with van der Waals surface area (Å²) in [5, 5.41) is 0. The molecule has 0 aromatic carbocycles. The first kappa shape index (κ1) is 6.19. The summed E-state index contributed by atoms with van der Waals surface area (Å²) in [6.07, 6.45) is 2.42. The van der Waals surface area contributed by atoms with Crippen molar-refractivity contribution in [2.75, 3.05) is 13.7 Å². The van der Waals surface area contributed by atoms with Gasteiger partial charge in [-0.3, -0.25) is 10.3 Å². The molecule has 0 fully saturated rings. The van der Waals surface area contributed by atoms with Crippen molar-refractivity contribution in [2.24, 2.45) is 0 Å². The Labute approximate surface area is 60.0 Å². The van der Waals surface area contributed by atoms with Crippen LogP contribution in [0.1, 0.15) is 12.8 Å². The van der Waals surface area contributed by atoms with Crippen molar-refractivity contribution in [3.63, 3.8) is 0 Å². The lowest BCUT2D eigenvalue weighted by Gasteiger charge is -2.08. The summed E-state index contributed by atoms with van der Waals surface area (Å²) in [6.45, 7) is 0.745. The van der Waals surface area contributed by atoms with E-state index < -0.39 is 0 Å². The highest BCUT2D eigenvalue weighted by atomic mass is 16.6. The van der Waals surface area contributed by atoms with Crippen LogP contribution in [0.2, 0.25) is 0 Å². The van der Waals surface area contributed by atoms with Gasteiger partial charge in [0.2, 0.25) is 0 Å². The molecule has 0 aromatic rings. The summed E-state index contributed by atoms with van der Waals surface area (Å²) >= 11 is 0. The minimum Gasteiger partial charge on any atom is -0.381 e. The molecule has 1 aliphatic heterocycles. The second-order valence-corrected chi connectivity index (χ2v) is 2.74. The number of nitrogens with one attached hydrogen (secondary N) is 1. The van der Waals surface area contributed by atoms with Crippen LogP contribution in [-0.2, 0) is 9.57 Å². The van der Waals surface area contributed by atoms with E-state index in [9.17, 15) is 0 Å². The Morgan fingerprint density at radius 1 is 1.60 bits per heavy atom. The Kier molecular flexibility index (Phi) is 1.39. The molecule has 0 saturated heterocycles. The lowest BCUT2D eigenvalue weighted by molar-refractivity contribution is 0.0683. The predicted molar refractivity (Wildman–Crippen MR) is 36.1 cm³/mol. The standard InChI is InChI=1S/C7H11NO2/c1-9-6-2-5-4-10-8-7(5)3-6/h6,8H,2-4H2,1H3. The van der Waals surface area contributed by atoms with E-state index in [2.05, 4.69) is 5.48 Å². The zero-order chi connectivity index (χ0) is 6.97. The maximum atomic E-state index is 5.21. The van der Waals surface area contributed by atoms with E-state index in [0.29, 0.717) is 6.10 Å². The quantitative estimate of drug-likeness (QED) is 0.579. The molecule has 1 aliphatic carbocycles. The molecular weight excluding hydrogens is 130 g/mol. The summed E-state index contributed by atoms with van der Waals surface area (Å²) in [7, 11) is 1.76. The van der Waals surface area contributed by atoms with Crippen molar-refractivity contribution in [1.82, 2.24) is 5.48 Å². The summed E-state index contributed by atoms with van der Waals surface area (Å²) in [6, 6.07) is 0. The van der Waals surface area contributed by atoms with E-state index in [4.69, 9.17) is 9.57 Å². The van der Waals surface area contributed by atoms with Gasteiger partial charge < -0.3 is 4.74 Å². The third-order valence-electron chi connectivity index (χ3n) is 2.11. The van der Waals surface area contributed by atoms with Gasteiger partial charge in [0, 0.05) is 19.2 Å². The Morgan fingerprint density at radius 3 is 3.20 bits per heavy atom. The van der Waals surface area contributed by atoms with Crippen LogP contribution in [-0.4, -0.2) is 19.8 Å². The minimum atomic E-state index is 0.390. The van der Waals surface area contributed by atoms with Crippen molar-refractivity contribution in [3.8, 4) is 0 Å². The zero-order valence-corrected chi connectivity index (χ0v) is 6.02. The smallest absolute Gasteiger partial charge is 0.0978 e. The van der Waals surface area contributed by atoms with E-state index in [1.165, 1.54) is 11.3 Å². The van der Waals surface area contributed by atoms with Gasteiger partial charge in [-0.2, -0.15) is 0 Å². The maximum absolute atomic E-state index is 5.21. The van der Waals surface area contributed by atoms with Crippen molar-refractivity contribution in [2.45, 2.75) is 18.9 Å². The van der Waals surface area contributed by atoms with Crippen molar-refractivity contribution in [1.29, 1.82) is 0 Å². The molecule has 2 rings (SSSR count). The Bertz CT molecular complexity index is 160. The van der Waals surface area contributed by atoms with Gasteiger partial charge in [0.05, 0.1) is 12.7 Å². The van der Waals surface area contributed by atoms with Gasteiger partial charge in [0.15, 0.2) is 0 Å². The molecule has 0 aromatic heterocycles. The van der Waals surface area contributed by atoms with Gasteiger partial charge in [-0.1, -0.05) is 0 Å². The van der Waals surface area contributed by atoms with Crippen LogP contribution in [0.4, 0.5) is 0 Å². The maximum Gasteiger partial charge on any atom is 0.0978 e. The molecule has 0 spiro atoms. The number of ether oxygens (including phenoxy) is 1. The zero-order valence-electron chi connectivity index (χ0n) is 6.02. The molecule has 0 saturated carbocycles. The SMILES string of the molecule is COC1CC2=C(C1)NOC2. The van der Waals surface area contributed by atoms with Gasteiger partial charge in [0.1, 0.15) is 0 Å². The van der Waals surface area contributed by atoms with Crippen LogP contribution in [0.15, 0.2) is 11.3 Å². The first-order valence-electron chi connectivity index (χ1n) is 3.51. The third-order valence-corrected chi connectivity index (χ3v) is 2.11. The van der Waals surface area contributed by atoms with Gasteiger partial charge in [-0.15, -0.1) is 0 Å². The van der Waals surface area contributed by atoms with E-state index >= 15 is 0 Å². The number of methoxy groups -OCH3 is 1. The molecular formula is C7H11NO2. The normalized spacial score (nSPS) is 30.7. The fourth-order valence-corrected chi connectivity index (χ4v) is 1.48.